The topological polar surface area (TPSA) is 55.1 Å². The van der Waals surface area contributed by atoms with Crippen LogP contribution in [0.4, 0.5) is 5.13 Å². The van der Waals surface area contributed by atoms with Gasteiger partial charge in [0.2, 0.25) is 0 Å². The van der Waals surface area contributed by atoms with Crippen molar-refractivity contribution in [2.45, 2.75) is 6.42 Å². The van der Waals surface area contributed by atoms with Crippen molar-refractivity contribution in [3.63, 3.8) is 0 Å². The number of anilines is 1. The standard InChI is InChI=1S/C21H14Cl2N2O2S/c22-15-6-4-14(5-7-15)18-8-9-19(27-18)20(26)25-21-24-12-17(28-21)11-13-2-1-3-16(23)10-13/h1-10,12H,11H2,(H,24,25,26). The van der Waals surface area contributed by atoms with Crippen LogP contribution in [-0.4, -0.2) is 10.9 Å². The summed E-state index contributed by atoms with van der Waals surface area (Å²) in [6.45, 7) is 0. The quantitative estimate of drug-likeness (QED) is 0.391. The molecule has 0 fully saturated rings. The van der Waals surface area contributed by atoms with E-state index in [9.17, 15) is 4.79 Å². The van der Waals surface area contributed by atoms with Crippen molar-refractivity contribution in [1.29, 1.82) is 0 Å². The third kappa shape index (κ3) is 4.44. The van der Waals surface area contributed by atoms with Gasteiger partial charge in [0.05, 0.1) is 0 Å². The van der Waals surface area contributed by atoms with Gasteiger partial charge in [0.15, 0.2) is 10.9 Å². The molecule has 0 aliphatic rings. The Balaban J connectivity index is 1.43. The highest BCUT2D eigenvalue weighted by atomic mass is 35.5. The van der Waals surface area contributed by atoms with Crippen LogP contribution in [0.15, 0.2) is 71.3 Å². The van der Waals surface area contributed by atoms with Gasteiger partial charge in [-0.05, 0) is 54.1 Å². The molecule has 140 valence electrons. The Morgan fingerprint density at radius 2 is 1.86 bits per heavy atom. The number of amides is 1. The number of aromatic nitrogens is 1. The second-order valence-electron chi connectivity index (χ2n) is 6.06. The van der Waals surface area contributed by atoms with Gasteiger partial charge in [-0.3, -0.25) is 10.1 Å². The summed E-state index contributed by atoms with van der Waals surface area (Å²) in [4.78, 5) is 17.7. The van der Waals surface area contributed by atoms with Gasteiger partial charge >= 0.3 is 0 Å². The highest BCUT2D eigenvalue weighted by Crippen LogP contribution is 2.26. The van der Waals surface area contributed by atoms with Crippen LogP contribution in [0.1, 0.15) is 21.0 Å². The molecule has 28 heavy (non-hydrogen) atoms. The Morgan fingerprint density at radius 1 is 1.04 bits per heavy atom. The van der Waals surface area contributed by atoms with E-state index >= 15 is 0 Å². The van der Waals surface area contributed by atoms with Gasteiger partial charge in [0.25, 0.3) is 5.91 Å². The van der Waals surface area contributed by atoms with Crippen molar-refractivity contribution in [3.05, 3.63) is 93.1 Å². The molecule has 0 saturated carbocycles. The number of benzene rings is 2. The van der Waals surface area contributed by atoms with E-state index in [1.54, 1.807) is 30.5 Å². The highest BCUT2D eigenvalue weighted by molar-refractivity contribution is 7.15. The summed E-state index contributed by atoms with van der Waals surface area (Å²) < 4.78 is 5.67. The zero-order chi connectivity index (χ0) is 19.5. The number of hydrogen-bond donors (Lipinski definition) is 1. The Morgan fingerprint density at radius 3 is 2.64 bits per heavy atom. The second-order valence-corrected chi connectivity index (χ2v) is 8.05. The molecule has 4 rings (SSSR count). The van der Waals surface area contributed by atoms with Crippen molar-refractivity contribution >= 4 is 45.6 Å². The molecular weight excluding hydrogens is 415 g/mol. The first-order valence-corrected chi connectivity index (χ1v) is 10.0. The zero-order valence-electron chi connectivity index (χ0n) is 14.5. The second kappa shape index (κ2) is 8.19. The maximum Gasteiger partial charge on any atom is 0.293 e. The highest BCUT2D eigenvalue weighted by Gasteiger charge is 2.14. The molecule has 2 aromatic carbocycles. The van der Waals surface area contributed by atoms with Crippen molar-refractivity contribution in [1.82, 2.24) is 4.98 Å². The molecule has 0 bridgehead atoms. The third-order valence-corrected chi connectivity index (χ3v) is 5.40. The number of carbonyl (C=O) groups is 1. The van der Waals surface area contributed by atoms with Crippen molar-refractivity contribution < 1.29 is 9.21 Å². The Kier molecular flexibility index (Phi) is 5.48. The summed E-state index contributed by atoms with van der Waals surface area (Å²) in [6, 6.07) is 18.3. The van der Waals surface area contributed by atoms with Crippen LogP contribution < -0.4 is 5.32 Å². The largest absolute Gasteiger partial charge is 0.451 e. The number of nitrogens with one attached hydrogen (secondary N) is 1. The number of nitrogens with zero attached hydrogens (tertiary/aromatic N) is 1. The van der Waals surface area contributed by atoms with Crippen LogP contribution in [0.3, 0.4) is 0 Å². The van der Waals surface area contributed by atoms with E-state index in [1.165, 1.54) is 11.3 Å². The Bertz CT molecular complexity index is 1120. The van der Waals surface area contributed by atoms with Crippen LogP contribution in [0, 0.1) is 0 Å². The number of halogens is 2. The molecule has 4 aromatic rings. The maximum absolute atomic E-state index is 12.4. The molecule has 0 saturated heterocycles. The van der Waals surface area contributed by atoms with Crippen LogP contribution in [-0.2, 0) is 6.42 Å². The predicted molar refractivity (Wildman–Crippen MR) is 113 cm³/mol. The van der Waals surface area contributed by atoms with E-state index in [4.69, 9.17) is 27.6 Å². The average Bonchev–Trinajstić information content (AvgIpc) is 3.32. The SMILES string of the molecule is O=C(Nc1ncc(Cc2cccc(Cl)c2)s1)c1ccc(-c2ccc(Cl)cc2)o1. The van der Waals surface area contributed by atoms with Crippen LogP contribution in [0.25, 0.3) is 11.3 Å². The molecular formula is C21H14Cl2N2O2S. The fourth-order valence-corrected chi connectivity index (χ4v) is 3.86. The van der Waals surface area contributed by atoms with E-state index in [-0.39, 0.29) is 11.7 Å². The van der Waals surface area contributed by atoms with Gasteiger partial charge in [0, 0.05) is 33.1 Å². The number of rotatable bonds is 5. The molecule has 0 spiro atoms. The molecule has 2 aromatic heterocycles. The first-order valence-electron chi connectivity index (χ1n) is 8.43. The number of thiazole rings is 1. The van der Waals surface area contributed by atoms with Crippen LogP contribution >= 0.6 is 34.5 Å². The van der Waals surface area contributed by atoms with Gasteiger partial charge in [-0.15, -0.1) is 11.3 Å². The van der Waals surface area contributed by atoms with Gasteiger partial charge < -0.3 is 4.42 Å². The van der Waals surface area contributed by atoms with E-state index in [1.807, 2.05) is 36.4 Å². The molecule has 0 unspecified atom stereocenters. The average molecular weight is 429 g/mol. The zero-order valence-corrected chi connectivity index (χ0v) is 16.8. The van der Waals surface area contributed by atoms with Crippen molar-refractivity contribution in [2.75, 3.05) is 5.32 Å². The number of carbonyl (C=O) groups excluding carboxylic acids is 1. The van der Waals surface area contributed by atoms with E-state index in [0.717, 1.165) is 16.0 Å². The first kappa shape index (κ1) is 18.7. The van der Waals surface area contributed by atoms with Gasteiger partial charge in [0.1, 0.15) is 5.76 Å². The summed E-state index contributed by atoms with van der Waals surface area (Å²) in [5.41, 5.74) is 1.94. The smallest absolute Gasteiger partial charge is 0.293 e. The minimum atomic E-state index is -0.344. The molecule has 1 N–H and O–H groups in total. The van der Waals surface area contributed by atoms with E-state index in [0.29, 0.717) is 27.4 Å². The Hall–Kier alpha value is -2.60. The third-order valence-electron chi connectivity index (χ3n) is 4.00. The Labute approximate surface area is 175 Å². The number of hydrogen-bond acceptors (Lipinski definition) is 4. The molecule has 0 aliphatic heterocycles. The van der Waals surface area contributed by atoms with Crippen molar-refractivity contribution in [3.8, 4) is 11.3 Å². The normalized spacial score (nSPS) is 10.8. The lowest BCUT2D eigenvalue weighted by atomic mass is 10.1. The molecule has 1 amide bonds. The molecule has 7 heteroatoms. The fraction of sp³-hybridized carbons (Fsp3) is 0.0476. The first-order chi connectivity index (χ1) is 13.6. The van der Waals surface area contributed by atoms with Crippen LogP contribution in [0.5, 0.6) is 0 Å². The molecule has 0 atom stereocenters. The van der Waals surface area contributed by atoms with E-state index in [2.05, 4.69) is 10.3 Å². The minimum absolute atomic E-state index is 0.219. The van der Waals surface area contributed by atoms with Crippen LogP contribution in [0.2, 0.25) is 10.0 Å². The monoisotopic (exact) mass is 428 g/mol. The summed E-state index contributed by atoms with van der Waals surface area (Å²) in [5.74, 6) is 0.475. The molecule has 0 radical (unpaired) electrons. The molecule has 2 heterocycles. The summed E-state index contributed by atoms with van der Waals surface area (Å²) in [7, 11) is 0. The van der Waals surface area contributed by atoms with Gasteiger partial charge in [-0.2, -0.15) is 0 Å². The molecule has 0 aliphatic carbocycles. The van der Waals surface area contributed by atoms with Gasteiger partial charge in [-0.25, -0.2) is 4.98 Å². The lowest BCUT2D eigenvalue weighted by Crippen LogP contribution is -2.10. The predicted octanol–water partition coefficient (Wildman–Crippen LogP) is 6.55. The number of furan rings is 1. The maximum atomic E-state index is 12.4. The minimum Gasteiger partial charge on any atom is -0.451 e. The summed E-state index contributed by atoms with van der Waals surface area (Å²) >= 11 is 13.3. The lowest BCUT2D eigenvalue weighted by molar-refractivity contribution is 0.0997. The van der Waals surface area contributed by atoms with E-state index < -0.39 is 0 Å². The van der Waals surface area contributed by atoms with Crippen molar-refractivity contribution in [2.24, 2.45) is 0 Å². The fourth-order valence-electron chi connectivity index (χ4n) is 2.68. The van der Waals surface area contributed by atoms with Gasteiger partial charge in [-0.1, -0.05) is 35.3 Å². The lowest BCUT2D eigenvalue weighted by Gasteiger charge is -2.00. The summed E-state index contributed by atoms with van der Waals surface area (Å²) in [5, 5.41) is 4.64. The summed E-state index contributed by atoms with van der Waals surface area (Å²) in [6.07, 6.45) is 2.46. The molecule has 4 nitrogen and oxygen atoms in total.